The van der Waals surface area contributed by atoms with Gasteiger partial charge in [-0.15, -0.1) is 11.6 Å². The first kappa shape index (κ1) is 21.8. The Kier molecular flexibility index (Phi) is 10.1. The van der Waals surface area contributed by atoms with Crippen LogP contribution in [0.25, 0.3) is 0 Å². The first-order valence-corrected chi connectivity index (χ1v) is 11.5. The molecule has 0 radical (unpaired) electrons. The van der Waals surface area contributed by atoms with E-state index in [0.29, 0.717) is 17.2 Å². The molecule has 0 amide bonds. The van der Waals surface area contributed by atoms with Crippen molar-refractivity contribution < 1.29 is 5.11 Å². The smallest absolute Gasteiger partial charge is 0.0790 e. The van der Waals surface area contributed by atoms with Crippen LogP contribution in [0.15, 0.2) is 24.3 Å². The quantitative estimate of drug-likeness (QED) is 0.291. The summed E-state index contributed by atoms with van der Waals surface area (Å²) in [6.45, 7) is 4.47. The standard InChI is InChI=1S/C24H39ClO/c1-3-5-7-8-10-11-22-21(17-18-23(22)25)19-13-15-20(16-14-19)24(26)12-9-6-4-2/h13-16,21-24,26H,3-12,17-18H2,1-2H3/t21?,22-,23?,24?/m1/s1. The predicted molar refractivity (Wildman–Crippen MR) is 114 cm³/mol. The first-order chi connectivity index (χ1) is 12.7. The van der Waals surface area contributed by atoms with Crippen LogP contribution in [0.4, 0.5) is 0 Å². The fourth-order valence-electron chi connectivity index (χ4n) is 4.52. The number of alkyl halides is 1. The minimum Gasteiger partial charge on any atom is -0.388 e. The SMILES string of the molecule is CCCCCCC[C@H]1C(Cl)CCC1c1ccc(C(O)CCCCC)cc1. The van der Waals surface area contributed by atoms with Crippen molar-refractivity contribution in [2.75, 3.05) is 0 Å². The Balaban J connectivity index is 1.89. The summed E-state index contributed by atoms with van der Waals surface area (Å²) in [5.41, 5.74) is 2.50. The van der Waals surface area contributed by atoms with Crippen LogP contribution in [0, 0.1) is 5.92 Å². The van der Waals surface area contributed by atoms with Crippen LogP contribution in [0.3, 0.4) is 0 Å². The molecule has 3 unspecified atom stereocenters. The third-order valence-corrected chi connectivity index (χ3v) is 6.75. The zero-order chi connectivity index (χ0) is 18.8. The van der Waals surface area contributed by atoms with Crippen LogP contribution in [0.2, 0.25) is 0 Å². The number of halogens is 1. The molecule has 148 valence electrons. The molecular formula is C24H39ClO. The Morgan fingerprint density at radius 2 is 1.58 bits per heavy atom. The lowest BCUT2D eigenvalue weighted by Crippen LogP contribution is -2.14. The average Bonchev–Trinajstić information content (AvgIpc) is 3.02. The van der Waals surface area contributed by atoms with E-state index in [0.717, 1.165) is 24.8 Å². The number of hydrogen-bond donors (Lipinski definition) is 1. The van der Waals surface area contributed by atoms with Gasteiger partial charge < -0.3 is 5.11 Å². The topological polar surface area (TPSA) is 20.2 Å². The van der Waals surface area contributed by atoms with Crippen LogP contribution in [0.1, 0.15) is 114 Å². The molecule has 4 atom stereocenters. The third-order valence-electron chi connectivity index (χ3n) is 6.21. The van der Waals surface area contributed by atoms with E-state index >= 15 is 0 Å². The number of aliphatic hydroxyl groups is 1. The minimum absolute atomic E-state index is 0.311. The average molecular weight is 379 g/mol. The summed E-state index contributed by atoms with van der Waals surface area (Å²) in [7, 11) is 0. The summed E-state index contributed by atoms with van der Waals surface area (Å²) >= 11 is 6.68. The molecule has 0 heterocycles. The largest absolute Gasteiger partial charge is 0.388 e. The minimum atomic E-state index is -0.311. The van der Waals surface area contributed by atoms with E-state index in [1.54, 1.807) is 0 Å². The highest BCUT2D eigenvalue weighted by Gasteiger charge is 2.35. The molecule has 2 rings (SSSR count). The van der Waals surface area contributed by atoms with Crippen molar-refractivity contribution in [3.63, 3.8) is 0 Å². The second-order valence-corrected chi connectivity index (χ2v) is 8.81. The van der Waals surface area contributed by atoms with E-state index in [4.69, 9.17) is 11.6 Å². The maximum atomic E-state index is 10.4. The summed E-state index contributed by atoms with van der Waals surface area (Å²) < 4.78 is 0. The zero-order valence-electron chi connectivity index (χ0n) is 16.9. The molecule has 1 aromatic carbocycles. The van der Waals surface area contributed by atoms with E-state index in [-0.39, 0.29) is 6.10 Å². The van der Waals surface area contributed by atoms with Crippen molar-refractivity contribution in [1.82, 2.24) is 0 Å². The molecule has 0 bridgehead atoms. The van der Waals surface area contributed by atoms with Crippen LogP contribution in [-0.4, -0.2) is 10.5 Å². The van der Waals surface area contributed by atoms with Gasteiger partial charge in [0.2, 0.25) is 0 Å². The fourth-order valence-corrected chi connectivity index (χ4v) is 4.95. The first-order valence-electron chi connectivity index (χ1n) is 11.1. The van der Waals surface area contributed by atoms with E-state index in [1.165, 1.54) is 63.4 Å². The molecule has 1 aromatic rings. The fraction of sp³-hybridized carbons (Fsp3) is 0.750. The monoisotopic (exact) mass is 378 g/mol. The molecule has 0 spiro atoms. The van der Waals surface area contributed by atoms with Gasteiger partial charge in [-0.3, -0.25) is 0 Å². The van der Waals surface area contributed by atoms with Gasteiger partial charge in [-0.1, -0.05) is 89.5 Å². The molecule has 0 aliphatic heterocycles. The highest BCUT2D eigenvalue weighted by molar-refractivity contribution is 6.21. The number of unbranched alkanes of at least 4 members (excludes halogenated alkanes) is 6. The van der Waals surface area contributed by atoms with E-state index in [9.17, 15) is 5.11 Å². The van der Waals surface area contributed by atoms with Gasteiger partial charge in [0, 0.05) is 5.38 Å². The molecule has 1 aliphatic rings. The Bertz CT molecular complexity index is 483. The summed E-state index contributed by atoms with van der Waals surface area (Å²) in [4.78, 5) is 0. The summed E-state index contributed by atoms with van der Waals surface area (Å²) in [5, 5.41) is 10.7. The van der Waals surface area contributed by atoms with Crippen LogP contribution < -0.4 is 0 Å². The van der Waals surface area contributed by atoms with Crippen molar-refractivity contribution in [3.05, 3.63) is 35.4 Å². The highest BCUT2D eigenvalue weighted by Crippen LogP contribution is 2.45. The molecule has 1 saturated carbocycles. The van der Waals surface area contributed by atoms with Crippen molar-refractivity contribution in [2.45, 2.75) is 108 Å². The van der Waals surface area contributed by atoms with Crippen molar-refractivity contribution in [1.29, 1.82) is 0 Å². The number of hydrogen-bond acceptors (Lipinski definition) is 1. The maximum Gasteiger partial charge on any atom is 0.0790 e. The Labute approximate surface area is 166 Å². The highest BCUT2D eigenvalue weighted by atomic mass is 35.5. The second kappa shape index (κ2) is 12.0. The van der Waals surface area contributed by atoms with Gasteiger partial charge >= 0.3 is 0 Å². The lowest BCUT2D eigenvalue weighted by molar-refractivity contribution is 0.163. The van der Waals surface area contributed by atoms with Crippen molar-refractivity contribution in [2.24, 2.45) is 5.92 Å². The van der Waals surface area contributed by atoms with Gasteiger partial charge in [0.1, 0.15) is 0 Å². The lowest BCUT2D eigenvalue weighted by atomic mass is 9.84. The molecular weight excluding hydrogens is 340 g/mol. The van der Waals surface area contributed by atoms with E-state index in [2.05, 4.69) is 38.1 Å². The maximum absolute atomic E-state index is 10.4. The lowest BCUT2D eigenvalue weighted by Gasteiger charge is -2.23. The van der Waals surface area contributed by atoms with Crippen LogP contribution in [-0.2, 0) is 0 Å². The van der Waals surface area contributed by atoms with Crippen LogP contribution in [0.5, 0.6) is 0 Å². The van der Waals surface area contributed by atoms with Gasteiger partial charge in [-0.25, -0.2) is 0 Å². The molecule has 1 nitrogen and oxygen atoms in total. The molecule has 1 aliphatic carbocycles. The van der Waals surface area contributed by atoms with Gasteiger partial charge in [0.25, 0.3) is 0 Å². The molecule has 0 aromatic heterocycles. The van der Waals surface area contributed by atoms with Gasteiger partial charge in [0.15, 0.2) is 0 Å². The second-order valence-electron chi connectivity index (χ2n) is 8.24. The Morgan fingerprint density at radius 1 is 0.923 bits per heavy atom. The Morgan fingerprint density at radius 3 is 2.27 bits per heavy atom. The van der Waals surface area contributed by atoms with Gasteiger partial charge in [-0.2, -0.15) is 0 Å². The van der Waals surface area contributed by atoms with Crippen molar-refractivity contribution >= 4 is 11.6 Å². The number of benzene rings is 1. The zero-order valence-corrected chi connectivity index (χ0v) is 17.7. The molecule has 1 N–H and O–H groups in total. The number of rotatable bonds is 12. The van der Waals surface area contributed by atoms with E-state index < -0.39 is 0 Å². The van der Waals surface area contributed by atoms with Gasteiger partial charge in [-0.05, 0) is 48.6 Å². The van der Waals surface area contributed by atoms with Gasteiger partial charge in [0.05, 0.1) is 6.10 Å². The predicted octanol–water partition coefficient (Wildman–Crippen LogP) is 7.76. The molecule has 26 heavy (non-hydrogen) atoms. The third kappa shape index (κ3) is 6.57. The summed E-state index contributed by atoms with van der Waals surface area (Å²) in [5.74, 6) is 1.23. The number of aliphatic hydroxyl groups excluding tert-OH is 1. The molecule has 0 saturated heterocycles. The Hall–Kier alpha value is -0.530. The summed E-state index contributed by atoms with van der Waals surface area (Å²) in [6, 6.07) is 8.79. The van der Waals surface area contributed by atoms with Crippen molar-refractivity contribution in [3.8, 4) is 0 Å². The normalized spacial score (nSPS) is 24.1. The van der Waals surface area contributed by atoms with E-state index in [1.807, 2.05) is 0 Å². The van der Waals surface area contributed by atoms with Crippen LogP contribution >= 0.6 is 11.6 Å². The summed E-state index contributed by atoms with van der Waals surface area (Å²) in [6.07, 6.45) is 14.4. The molecule has 1 fully saturated rings. The molecule has 2 heteroatoms.